The molecule has 0 spiro atoms. The van der Waals surface area contributed by atoms with E-state index >= 15 is 0 Å². The number of esters is 2. The second-order valence-corrected chi connectivity index (χ2v) is 6.49. The van der Waals surface area contributed by atoms with Gasteiger partial charge in [0.15, 0.2) is 0 Å². The first-order chi connectivity index (χ1) is 11.4. The highest BCUT2D eigenvalue weighted by molar-refractivity contribution is 7.17. The summed E-state index contributed by atoms with van der Waals surface area (Å²) < 4.78 is 11.2. The molecule has 8 heteroatoms. The number of nitrogens with zero attached hydrogens (tertiary/aromatic N) is 2. The zero-order valence-corrected chi connectivity index (χ0v) is 14.7. The maximum absolute atomic E-state index is 12.6. The van der Waals surface area contributed by atoms with Gasteiger partial charge >= 0.3 is 11.9 Å². The number of carbonyl (C=O) groups excluding carboxylic acids is 2. The molecule has 0 amide bonds. The summed E-state index contributed by atoms with van der Waals surface area (Å²) in [6, 6.07) is 0. The summed E-state index contributed by atoms with van der Waals surface area (Å²) in [5, 5.41) is 1.72. The molecule has 0 fully saturated rings. The Morgan fingerprint density at radius 2 is 2.08 bits per heavy atom. The smallest absolute Gasteiger partial charge is 0.339 e. The van der Waals surface area contributed by atoms with Gasteiger partial charge in [-0.2, -0.15) is 0 Å². The van der Waals surface area contributed by atoms with Crippen LogP contribution >= 0.6 is 11.3 Å². The molecular weight excluding hydrogens is 332 g/mol. The lowest BCUT2D eigenvalue weighted by atomic mass is 10.1. The molecule has 0 N–H and O–H groups in total. The highest BCUT2D eigenvalue weighted by atomic mass is 32.1. The van der Waals surface area contributed by atoms with E-state index in [1.807, 2.05) is 13.8 Å². The molecule has 2 heterocycles. The number of hydrogen-bond donors (Lipinski definition) is 0. The molecule has 0 radical (unpaired) electrons. The minimum atomic E-state index is -0.570. The van der Waals surface area contributed by atoms with E-state index in [4.69, 9.17) is 9.47 Å². The number of ether oxygens (including phenoxy) is 2. The summed E-state index contributed by atoms with van der Waals surface area (Å²) in [7, 11) is 0. The normalized spacial score (nSPS) is 11.0. The van der Waals surface area contributed by atoms with Gasteiger partial charge in [0.1, 0.15) is 11.4 Å². The standard InChI is InChI=1S/C16H20N2O5S/c1-4-22-16(21)11-8-24-14-13(11)15(20)18(9-17-14)7-12(19)23-6-5-10(2)3/h8-10H,4-7H2,1-3H3. The Labute approximate surface area is 143 Å². The summed E-state index contributed by atoms with van der Waals surface area (Å²) in [6.07, 6.45) is 2.05. The molecule has 2 rings (SSSR count). The van der Waals surface area contributed by atoms with E-state index in [2.05, 4.69) is 4.98 Å². The minimum Gasteiger partial charge on any atom is -0.464 e. The van der Waals surface area contributed by atoms with Crippen molar-refractivity contribution in [1.29, 1.82) is 0 Å². The summed E-state index contributed by atoms with van der Waals surface area (Å²) >= 11 is 1.19. The second-order valence-electron chi connectivity index (χ2n) is 5.63. The third kappa shape index (κ3) is 4.19. The number of fused-ring (bicyclic) bond motifs is 1. The van der Waals surface area contributed by atoms with Gasteiger partial charge in [0.05, 0.1) is 30.5 Å². The Morgan fingerprint density at radius 3 is 2.75 bits per heavy atom. The van der Waals surface area contributed by atoms with Gasteiger partial charge < -0.3 is 9.47 Å². The molecule has 2 aromatic heterocycles. The van der Waals surface area contributed by atoms with Gasteiger partial charge in [-0.15, -0.1) is 11.3 Å². The van der Waals surface area contributed by atoms with Gasteiger partial charge in [0, 0.05) is 5.38 Å². The van der Waals surface area contributed by atoms with Crippen molar-refractivity contribution in [2.75, 3.05) is 13.2 Å². The van der Waals surface area contributed by atoms with Gasteiger partial charge in [-0.1, -0.05) is 13.8 Å². The van der Waals surface area contributed by atoms with E-state index in [9.17, 15) is 14.4 Å². The van der Waals surface area contributed by atoms with Crippen LogP contribution in [0.2, 0.25) is 0 Å². The molecule has 24 heavy (non-hydrogen) atoms. The highest BCUT2D eigenvalue weighted by Crippen LogP contribution is 2.21. The van der Waals surface area contributed by atoms with Crippen molar-refractivity contribution in [3.05, 3.63) is 27.6 Å². The summed E-state index contributed by atoms with van der Waals surface area (Å²) in [6.45, 7) is 6.04. The minimum absolute atomic E-state index is 0.177. The van der Waals surface area contributed by atoms with E-state index in [0.29, 0.717) is 17.4 Å². The highest BCUT2D eigenvalue weighted by Gasteiger charge is 2.19. The zero-order chi connectivity index (χ0) is 17.7. The summed E-state index contributed by atoms with van der Waals surface area (Å²) in [5.74, 6) is -0.650. The molecule has 130 valence electrons. The molecule has 2 aromatic rings. The molecule has 0 saturated heterocycles. The fraction of sp³-hybridized carbons (Fsp3) is 0.500. The molecule has 0 aliphatic rings. The van der Waals surface area contributed by atoms with Crippen LogP contribution in [0, 0.1) is 5.92 Å². The lowest BCUT2D eigenvalue weighted by molar-refractivity contribution is -0.144. The fourth-order valence-corrected chi connectivity index (χ4v) is 2.90. The van der Waals surface area contributed by atoms with Crippen LogP contribution in [0.4, 0.5) is 0 Å². The molecule has 0 saturated carbocycles. The first kappa shape index (κ1) is 18.1. The van der Waals surface area contributed by atoms with E-state index in [0.717, 1.165) is 11.0 Å². The molecular formula is C16H20N2O5S. The Bertz CT molecular complexity index is 793. The first-order valence-electron chi connectivity index (χ1n) is 7.73. The lowest BCUT2D eigenvalue weighted by Crippen LogP contribution is -2.26. The predicted octanol–water partition coefficient (Wildman–Crippen LogP) is 2.22. The molecule has 0 aliphatic heterocycles. The molecule has 0 aromatic carbocycles. The van der Waals surface area contributed by atoms with Gasteiger partial charge in [-0.05, 0) is 19.3 Å². The molecule has 7 nitrogen and oxygen atoms in total. The summed E-state index contributed by atoms with van der Waals surface area (Å²) in [4.78, 5) is 40.9. The van der Waals surface area contributed by atoms with Crippen LogP contribution < -0.4 is 5.56 Å². The second kappa shape index (κ2) is 8.05. The maximum atomic E-state index is 12.6. The molecule has 0 atom stereocenters. The average Bonchev–Trinajstić information content (AvgIpc) is 2.95. The monoisotopic (exact) mass is 352 g/mol. The van der Waals surface area contributed by atoms with Crippen LogP contribution in [0.5, 0.6) is 0 Å². The molecule has 0 unspecified atom stereocenters. The van der Waals surface area contributed by atoms with Gasteiger partial charge in [0.2, 0.25) is 0 Å². The largest absolute Gasteiger partial charge is 0.464 e. The van der Waals surface area contributed by atoms with Crippen molar-refractivity contribution in [1.82, 2.24) is 9.55 Å². The fourth-order valence-electron chi connectivity index (χ4n) is 2.03. The van der Waals surface area contributed by atoms with Crippen LogP contribution in [-0.4, -0.2) is 34.7 Å². The van der Waals surface area contributed by atoms with E-state index < -0.39 is 17.5 Å². The van der Waals surface area contributed by atoms with Crippen molar-refractivity contribution in [2.24, 2.45) is 5.92 Å². The predicted molar refractivity (Wildman–Crippen MR) is 90.3 cm³/mol. The van der Waals surface area contributed by atoms with Crippen molar-refractivity contribution in [3.63, 3.8) is 0 Å². The third-order valence-electron chi connectivity index (χ3n) is 3.31. The van der Waals surface area contributed by atoms with Crippen LogP contribution in [0.3, 0.4) is 0 Å². The zero-order valence-electron chi connectivity index (χ0n) is 13.9. The van der Waals surface area contributed by atoms with Crippen molar-refractivity contribution >= 4 is 33.5 Å². The van der Waals surface area contributed by atoms with E-state index in [1.165, 1.54) is 17.7 Å². The maximum Gasteiger partial charge on any atom is 0.339 e. The van der Waals surface area contributed by atoms with Crippen molar-refractivity contribution in [2.45, 2.75) is 33.7 Å². The van der Waals surface area contributed by atoms with E-state index in [-0.39, 0.29) is 24.1 Å². The van der Waals surface area contributed by atoms with Crippen LogP contribution in [-0.2, 0) is 20.8 Å². The third-order valence-corrected chi connectivity index (χ3v) is 4.20. The van der Waals surface area contributed by atoms with Crippen molar-refractivity contribution < 1.29 is 19.1 Å². The quantitative estimate of drug-likeness (QED) is 0.710. The van der Waals surface area contributed by atoms with Crippen LogP contribution in [0.25, 0.3) is 10.2 Å². The number of thiophene rings is 1. The van der Waals surface area contributed by atoms with Crippen molar-refractivity contribution in [3.8, 4) is 0 Å². The Hall–Kier alpha value is -2.22. The van der Waals surface area contributed by atoms with E-state index in [1.54, 1.807) is 12.3 Å². The number of aromatic nitrogens is 2. The average molecular weight is 352 g/mol. The first-order valence-corrected chi connectivity index (χ1v) is 8.61. The SMILES string of the molecule is CCOC(=O)c1csc2ncn(CC(=O)OCCC(C)C)c(=O)c12. The van der Waals surface area contributed by atoms with Crippen LogP contribution in [0.1, 0.15) is 37.6 Å². The Balaban J connectivity index is 2.21. The molecule has 0 bridgehead atoms. The Kier molecular flexibility index (Phi) is 6.08. The number of carbonyl (C=O) groups is 2. The lowest BCUT2D eigenvalue weighted by Gasteiger charge is -2.08. The van der Waals surface area contributed by atoms with Gasteiger partial charge in [-0.3, -0.25) is 14.2 Å². The summed E-state index contributed by atoms with van der Waals surface area (Å²) in [5.41, 5.74) is -0.276. The van der Waals surface area contributed by atoms with Crippen LogP contribution in [0.15, 0.2) is 16.5 Å². The van der Waals surface area contributed by atoms with Gasteiger partial charge in [0.25, 0.3) is 5.56 Å². The number of hydrogen-bond acceptors (Lipinski definition) is 7. The van der Waals surface area contributed by atoms with Gasteiger partial charge in [-0.25, -0.2) is 9.78 Å². The number of rotatable bonds is 7. The molecule has 0 aliphatic carbocycles. The topological polar surface area (TPSA) is 87.5 Å². The Morgan fingerprint density at radius 1 is 1.33 bits per heavy atom.